The predicted molar refractivity (Wildman–Crippen MR) is 82.2 cm³/mol. The monoisotopic (exact) mass is 288 g/mol. The van der Waals surface area contributed by atoms with E-state index >= 15 is 0 Å². The van der Waals surface area contributed by atoms with Crippen LogP contribution >= 0.6 is 11.3 Å². The number of anilines is 1. The molecule has 3 aromatic rings. The Bertz CT molecular complexity index is 733. The fourth-order valence-electron chi connectivity index (χ4n) is 2.25. The van der Waals surface area contributed by atoms with Gasteiger partial charge in [-0.05, 0) is 31.0 Å². The van der Waals surface area contributed by atoms with Crippen LogP contribution in [0.5, 0.6) is 5.75 Å². The van der Waals surface area contributed by atoms with Gasteiger partial charge < -0.3 is 10.0 Å². The number of phenolic OH excluding ortho intramolecular Hbond substituents is 1. The standard InChI is InChI=1S/C14H16N4OS/c1-8-5-9(2)12(10(19)6-8)18-7-11-13(16-18)15-14(20-11)17(3)4/h5-7,19H,1-4H3. The summed E-state index contributed by atoms with van der Waals surface area (Å²) in [6.07, 6.45) is 1.91. The van der Waals surface area contributed by atoms with Crippen LogP contribution in [0.2, 0.25) is 0 Å². The van der Waals surface area contributed by atoms with Gasteiger partial charge in [0, 0.05) is 14.1 Å². The molecule has 0 aliphatic carbocycles. The van der Waals surface area contributed by atoms with E-state index in [2.05, 4.69) is 10.1 Å². The van der Waals surface area contributed by atoms with Gasteiger partial charge in [0.15, 0.2) is 10.8 Å². The highest BCUT2D eigenvalue weighted by Crippen LogP contribution is 2.31. The largest absolute Gasteiger partial charge is 0.506 e. The topological polar surface area (TPSA) is 54.2 Å². The van der Waals surface area contributed by atoms with Crippen molar-refractivity contribution >= 4 is 26.8 Å². The molecule has 0 saturated carbocycles. The lowest BCUT2D eigenvalue weighted by Crippen LogP contribution is -2.07. The summed E-state index contributed by atoms with van der Waals surface area (Å²) in [7, 11) is 3.92. The summed E-state index contributed by atoms with van der Waals surface area (Å²) in [6.45, 7) is 3.93. The minimum atomic E-state index is 0.241. The number of phenols is 1. The third-order valence-electron chi connectivity index (χ3n) is 3.10. The number of aromatic hydroxyl groups is 1. The van der Waals surface area contributed by atoms with Crippen LogP contribution in [0.25, 0.3) is 16.0 Å². The number of aryl methyl sites for hydroxylation is 2. The molecule has 0 unspecified atom stereocenters. The second-order valence-corrected chi connectivity index (χ2v) is 6.11. The third-order valence-corrected chi connectivity index (χ3v) is 4.25. The quantitative estimate of drug-likeness (QED) is 0.788. The molecule has 3 rings (SSSR count). The van der Waals surface area contributed by atoms with Crippen LogP contribution in [0.1, 0.15) is 11.1 Å². The van der Waals surface area contributed by atoms with E-state index in [0.717, 1.165) is 21.0 Å². The Morgan fingerprint density at radius 3 is 2.60 bits per heavy atom. The summed E-state index contributed by atoms with van der Waals surface area (Å²) in [5.41, 5.74) is 3.45. The predicted octanol–water partition coefficient (Wildman–Crippen LogP) is 2.87. The zero-order valence-corrected chi connectivity index (χ0v) is 12.7. The Hall–Kier alpha value is -2.08. The molecule has 0 radical (unpaired) electrons. The highest BCUT2D eigenvalue weighted by Gasteiger charge is 2.14. The summed E-state index contributed by atoms with van der Waals surface area (Å²) in [5.74, 6) is 0.241. The Balaban J connectivity index is 2.13. The van der Waals surface area contributed by atoms with Crippen LogP contribution in [0.3, 0.4) is 0 Å². The van der Waals surface area contributed by atoms with Gasteiger partial charge in [-0.1, -0.05) is 17.4 Å². The van der Waals surface area contributed by atoms with Crippen LogP contribution in [0, 0.1) is 13.8 Å². The molecule has 0 atom stereocenters. The van der Waals surface area contributed by atoms with Crippen molar-refractivity contribution in [2.75, 3.05) is 19.0 Å². The molecule has 1 aromatic carbocycles. The van der Waals surface area contributed by atoms with Gasteiger partial charge in [-0.15, -0.1) is 5.10 Å². The Kier molecular flexibility index (Phi) is 2.90. The maximum Gasteiger partial charge on any atom is 0.194 e. The first-order chi connectivity index (χ1) is 9.45. The molecule has 0 saturated heterocycles. The van der Waals surface area contributed by atoms with Gasteiger partial charge in [0.2, 0.25) is 0 Å². The summed E-state index contributed by atoms with van der Waals surface area (Å²) in [5, 5.41) is 15.5. The summed E-state index contributed by atoms with van der Waals surface area (Å²) < 4.78 is 2.71. The lowest BCUT2D eigenvalue weighted by atomic mass is 10.1. The molecule has 2 aromatic heterocycles. The van der Waals surface area contributed by atoms with E-state index in [9.17, 15) is 5.11 Å². The zero-order chi connectivity index (χ0) is 14.4. The van der Waals surface area contributed by atoms with Crippen LogP contribution in [-0.2, 0) is 0 Å². The maximum absolute atomic E-state index is 10.1. The molecule has 20 heavy (non-hydrogen) atoms. The minimum absolute atomic E-state index is 0.241. The van der Waals surface area contributed by atoms with E-state index in [-0.39, 0.29) is 5.75 Å². The molecule has 5 nitrogen and oxygen atoms in total. The van der Waals surface area contributed by atoms with Crippen molar-refractivity contribution in [1.29, 1.82) is 0 Å². The molecule has 0 bridgehead atoms. The van der Waals surface area contributed by atoms with E-state index in [4.69, 9.17) is 0 Å². The summed E-state index contributed by atoms with van der Waals surface area (Å²) >= 11 is 1.59. The zero-order valence-electron chi connectivity index (χ0n) is 11.9. The van der Waals surface area contributed by atoms with Crippen LogP contribution in [0.4, 0.5) is 5.13 Å². The van der Waals surface area contributed by atoms with Crippen molar-refractivity contribution in [1.82, 2.24) is 14.8 Å². The number of hydrogen-bond acceptors (Lipinski definition) is 5. The van der Waals surface area contributed by atoms with E-state index in [1.807, 2.05) is 45.1 Å². The summed E-state index contributed by atoms with van der Waals surface area (Å²) in [4.78, 5) is 6.43. The van der Waals surface area contributed by atoms with Crippen LogP contribution in [-0.4, -0.2) is 34.0 Å². The molecule has 104 valence electrons. The van der Waals surface area contributed by atoms with Gasteiger partial charge in [0.25, 0.3) is 0 Å². The van der Waals surface area contributed by atoms with E-state index in [0.29, 0.717) is 11.3 Å². The molecule has 0 aliphatic rings. The van der Waals surface area contributed by atoms with Gasteiger partial charge >= 0.3 is 0 Å². The minimum Gasteiger partial charge on any atom is -0.506 e. The van der Waals surface area contributed by atoms with Crippen molar-refractivity contribution in [3.8, 4) is 11.4 Å². The number of benzene rings is 1. The second kappa shape index (κ2) is 4.49. The number of rotatable bonds is 2. The maximum atomic E-state index is 10.1. The van der Waals surface area contributed by atoms with Crippen LogP contribution < -0.4 is 4.90 Å². The first kappa shape index (κ1) is 12.9. The normalized spacial score (nSPS) is 11.2. The number of nitrogens with zero attached hydrogens (tertiary/aromatic N) is 4. The number of thiazole rings is 1. The van der Waals surface area contributed by atoms with Crippen LogP contribution in [0.15, 0.2) is 18.3 Å². The van der Waals surface area contributed by atoms with E-state index in [1.54, 1.807) is 22.1 Å². The first-order valence-corrected chi connectivity index (χ1v) is 7.11. The van der Waals surface area contributed by atoms with Gasteiger partial charge in [0.05, 0.1) is 10.9 Å². The molecule has 1 N–H and O–H groups in total. The third kappa shape index (κ3) is 2.02. The Labute approximate surface area is 121 Å². The summed E-state index contributed by atoms with van der Waals surface area (Å²) in [6, 6.07) is 3.78. The molecule has 2 heterocycles. The highest BCUT2D eigenvalue weighted by molar-refractivity contribution is 7.22. The van der Waals surface area contributed by atoms with Gasteiger partial charge in [0.1, 0.15) is 11.4 Å². The van der Waals surface area contributed by atoms with Gasteiger partial charge in [-0.2, -0.15) is 4.98 Å². The average molecular weight is 288 g/mol. The molecule has 0 amide bonds. The average Bonchev–Trinajstić information content (AvgIpc) is 2.85. The Morgan fingerprint density at radius 1 is 1.25 bits per heavy atom. The SMILES string of the molecule is Cc1cc(C)c(-n2cc3sc(N(C)C)nc3n2)c(O)c1. The van der Waals surface area contributed by atoms with E-state index in [1.165, 1.54) is 0 Å². The first-order valence-electron chi connectivity index (χ1n) is 6.30. The van der Waals surface area contributed by atoms with Crippen molar-refractivity contribution in [3.63, 3.8) is 0 Å². The highest BCUT2D eigenvalue weighted by atomic mass is 32.1. The fraction of sp³-hybridized carbons (Fsp3) is 0.286. The van der Waals surface area contributed by atoms with Crippen molar-refractivity contribution in [2.24, 2.45) is 0 Å². The van der Waals surface area contributed by atoms with Crippen molar-refractivity contribution in [2.45, 2.75) is 13.8 Å². The van der Waals surface area contributed by atoms with Crippen molar-refractivity contribution in [3.05, 3.63) is 29.5 Å². The van der Waals surface area contributed by atoms with Crippen molar-refractivity contribution < 1.29 is 5.11 Å². The lowest BCUT2D eigenvalue weighted by Gasteiger charge is -2.09. The Morgan fingerprint density at radius 2 is 2.00 bits per heavy atom. The molecule has 0 spiro atoms. The van der Waals surface area contributed by atoms with Gasteiger partial charge in [-0.25, -0.2) is 4.68 Å². The number of fused-ring (bicyclic) bond motifs is 1. The van der Waals surface area contributed by atoms with Gasteiger partial charge in [-0.3, -0.25) is 0 Å². The fourth-order valence-corrected chi connectivity index (χ4v) is 3.09. The van der Waals surface area contributed by atoms with E-state index < -0.39 is 0 Å². The molecule has 6 heteroatoms. The lowest BCUT2D eigenvalue weighted by molar-refractivity contribution is 0.469. The molecular weight excluding hydrogens is 272 g/mol. The second-order valence-electron chi connectivity index (χ2n) is 5.10. The molecule has 0 aliphatic heterocycles. The number of aromatic nitrogens is 3. The number of hydrogen-bond donors (Lipinski definition) is 1. The molecule has 0 fully saturated rings. The molecular formula is C14H16N4OS. The smallest absolute Gasteiger partial charge is 0.194 e.